The summed E-state index contributed by atoms with van der Waals surface area (Å²) in [5.41, 5.74) is 1.80. The smallest absolute Gasteiger partial charge is 0.406 e. The fourth-order valence-corrected chi connectivity index (χ4v) is 6.94. The van der Waals surface area contributed by atoms with Gasteiger partial charge in [0.2, 0.25) is 0 Å². The summed E-state index contributed by atoms with van der Waals surface area (Å²) in [7, 11) is 0. The number of alkyl halides is 3. The summed E-state index contributed by atoms with van der Waals surface area (Å²) in [6, 6.07) is 10.6. The molecule has 1 fully saturated rings. The normalized spacial score (nSPS) is 18.1. The minimum atomic E-state index is -4.61. The average molecular weight is 597 g/mol. The number of fused-ring (bicyclic) bond motifs is 2. The van der Waals surface area contributed by atoms with Crippen LogP contribution < -0.4 is 26.2 Å². The van der Waals surface area contributed by atoms with Gasteiger partial charge in [-0.2, -0.15) is 18.4 Å². The van der Waals surface area contributed by atoms with E-state index in [1.54, 1.807) is 18.3 Å². The van der Waals surface area contributed by atoms with E-state index in [0.717, 1.165) is 51.3 Å². The third kappa shape index (κ3) is 5.28. The van der Waals surface area contributed by atoms with Crippen molar-refractivity contribution in [1.82, 2.24) is 19.4 Å². The maximum absolute atomic E-state index is 13.0. The number of nitrogens with one attached hydrogen (secondary N) is 1. The number of nitriles is 1. The van der Waals surface area contributed by atoms with Gasteiger partial charge in [0.1, 0.15) is 18.9 Å². The SMILES string of the molecule is CC1(C)C[C@H](N2CCOc3cc(C#N)cc(-c4ccnc5cc(Cn6c(=O)ccn(CC(F)(F)F)c6=O)sc45)c32)CN1. The Morgan fingerprint density at radius 3 is 2.74 bits per heavy atom. The lowest BCUT2D eigenvalue weighted by atomic mass is 9.96. The van der Waals surface area contributed by atoms with Crippen molar-refractivity contribution >= 4 is 27.2 Å². The topological polar surface area (TPSA) is 105 Å². The molecule has 9 nitrogen and oxygen atoms in total. The highest BCUT2D eigenvalue weighted by molar-refractivity contribution is 7.19. The summed E-state index contributed by atoms with van der Waals surface area (Å²) in [4.78, 5) is 32.7. The van der Waals surface area contributed by atoms with Crippen LogP contribution in [0.15, 0.2) is 52.3 Å². The number of benzene rings is 1. The van der Waals surface area contributed by atoms with Gasteiger partial charge in [0.15, 0.2) is 0 Å². The molecule has 6 rings (SSSR count). The van der Waals surface area contributed by atoms with Crippen LogP contribution in [0.4, 0.5) is 18.9 Å². The Bertz CT molecular complexity index is 1850. The van der Waals surface area contributed by atoms with E-state index in [1.807, 2.05) is 12.1 Å². The third-order valence-electron chi connectivity index (χ3n) is 7.64. The van der Waals surface area contributed by atoms with Crippen LogP contribution in [0.25, 0.3) is 21.3 Å². The summed E-state index contributed by atoms with van der Waals surface area (Å²) in [5.74, 6) is 0.628. The van der Waals surface area contributed by atoms with Crippen molar-refractivity contribution in [2.45, 2.75) is 51.1 Å². The quantitative estimate of drug-likeness (QED) is 0.370. The van der Waals surface area contributed by atoms with E-state index >= 15 is 0 Å². The molecule has 1 N–H and O–H groups in total. The van der Waals surface area contributed by atoms with Gasteiger partial charge in [-0.3, -0.25) is 18.9 Å². The molecule has 42 heavy (non-hydrogen) atoms. The van der Waals surface area contributed by atoms with E-state index in [-0.39, 0.29) is 18.1 Å². The number of anilines is 1. The van der Waals surface area contributed by atoms with Crippen LogP contribution in [0, 0.1) is 11.3 Å². The van der Waals surface area contributed by atoms with Gasteiger partial charge in [-0.05, 0) is 38.5 Å². The van der Waals surface area contributed by atoms with Gasteiger partial charge < -0.3 is 15.0 Å². The zero-order valence-electron chi connectivity index (χ0n) is 22.9. The first-order chi connectivity index (χ1) is 19.9. The summed E-state index contributed by atoms with van der Waals surface area (Å²) in [6.45, 7) is 4.62. The molecule has 5 heterocycles. The number of pyridine rings is 1. The van der Waals surface area contributed by atoms with Crippen LogP contribution in [0.1, 0.15) is 30.7 Å². The Morgan fingerprint density at radius 2 is 2.02 bits per heavy atom. The lowest BCUT2D eigenvalue weighted by molar-refractivity contribution is -0.141. The Balaban J connectivity index is 1.45. The largest absolute Gasteiger partial charge is 0.489 e. The van der Waals surface area contributed by atoms with Crippen LogP contribution >= 0.6 is 11.3 Å². The highest BCUT2D eigenvalue weighted by Gasteiger charge is 2.37. The van der Waals surface area contributed by atoms with Crippen molar-refractivity contribution in [1.29, 1.82) is 5.26 Å². The number of halogens is 3. The summed E-state index contributed by atoms with van der Waals surface area (Å²) in [6.07, 6.45) is -1.17. The lowest BCUT2D eigenvalue weighted by Gasteiger charge is -2.37. The van der Waals surface area contributed by atoms with Gasteiger partial charge in [-0.25, -0.2) is 4.79 Å². The molecule has 0 radical (unpaired) electrons. The van der Waals surface area contributed by atoms with Gasteiger partial charge in [-0.1, -0.05) is 0 Å². The van der Waals surface area contributed by atoms with Crippen molar-refractivity contribution in [3.63, 3.8) is 0 Å². The minimum Gasteiger partial charge on any atom is -0.489 e. The van der Waals surface area contributed by atoms with Gasteiger partial charge in [-0.15, -0.1) is 11.3 Å². The minimum absolute atomic E-state index is 0.0172. The summed E-state index contributed by atoms with van der Waals surface area (Å²) in [5, 5.41) is 13.4. The summed E-state index contributed by atoms with van der Waals surface area (Å²) >= 11 is 1.30. The molecular formula is C29H27F3N6O3S. The monoisotopic (exact) mass is 596 g/mol. The van der Waals surface area contributed by atoms with E-state index in [4.69, 9.17) is 4.74 Å². The van der Waals surface area contributed by atoms with Gasteiger partial charge in [0.05, 0.1) is 40.6 Å². The molecule has 13 heteroatoms. The standard InChI is InChI=1S/C29H27F3N6O3S/c1-28(2)12-18(14-35-28)37-7-8-41-23-10-17(13-33)9-21(25(23)37)20-3-5-34-22-11-19(42-26(20)22)15-38-24(39)4-6-36(27(38)40)16-29(30,31)32/h3-6,9-11,18,35H,7-8,12,14-16H2,1-2H3/t18-/m0/s1. The third-order valence-corrected chi connectivity index (χ3v) is 8.78. The van der Waals surface area contributed by atoms with Crippen molar-refractivity contribution in [2.75, 3.05) is 24.6 Å². The van der Waals surface area contributed by atoms with Gasteiger partial charge in [0.25, 0.3) is 5.56 Å². The van der Waals surface area contributed by atoms with Crippen LogP contribution in [0.2, 0.25) is 0 Å². The molecule has 3 aromatic heterocycles. The molecule has 2 aliphatic heterocycles. The van der Waals surface area contributed by atoms with Crippen LogP contribution in [-0.2, 0) is 13.1 Å². The van der Waals surface area contributed by atoms with E-state index in [2.05, 4.69) is 35.1 Å². The van der Waals surface area contributed by atoms with Crippen LogP contribution in [0.5, 0.6) is 5.75 Å². The molecule has 0 amide bonds. The van der Waals surface area contributed by atoms with E-state index < -0.39 is 24.0 Å². The maximum Gasteiger partial charge on any atom is 0.406 e. The first kappa shape index (κ1) is 28.0. The predicted molar refractivity (Wildman–Crippen MR) is 153 cm³/mol. The fraction of sp³-hybridized carbons (Fsp3) is 0.379. The number of hydrogen-bond donors (Lipinski definition) is 1. The molecular weight excluding hydrogens is 569 g/mol. The number of hydrogen-bond acceptors (Lipinski definition) is 8. The van der Waals surface area contributed by atoms with Gasteiger partial charge in [0, 0.05) is 58.7 Å². The number of aromatic nitrogens is 3. The first-order valence-electron chi connectivity index (χ1n) is 13.4. The molecule has 1 atom stereocenters. The van der Waals surface area contributed by atoms with Gasteiger partial charge >= 0.3 is 11.9 Å². The van der Waals surface area contributed by atoms with E-state index in [9.17, 15) is 28.0 Å². The molecule has 4 aromatic rings. The molecule has 2 aliphatic rings. The average Bonchev–Trinajstić information content (AvgIpc) is 3.53. The van der Waals surface area contributed by atoms with E-state index in [1.165, 1.54) is 11.3 Å². The second kappa shape index (κ2) is 10.3. The molecule has 0 spiro atoms. The lowest BCUT2D eigenvalue weighted by Crippen LogP contribution is -2.42. The van der Waals surface area contributed by atoms with Crippen molar-refractivity contribution in [2.24, 2.45) is 0 Å². The van der Waals surface area contributed by atoms with Crippen molar-refractivity contribution in [3.8, 4) is 22.9 Å². The van der Waals surface area contributed by atoms with E-state index in [0.29, 0.717) is 39.4 Å². The molecule has 1 aromatic carbocycles. The fourth-order valence-electron chi connectivity index (χ4n) is 5.81. The van der Waals surface area contributed by atoms with Crippen LogP contribution in [0.3, 0.4) is 0 Å². The molecule has 1 saturated heterocycles. The number of thiophene rings is 1. The van der Waals surface area contributed by atoms with Crippen LogP contribution in [-0.4, -0.2) is 51.6 Å². The zero-order valence-corrected chi connectivity index (χ0v) is 23.7. The maximum atomic E-state index is 13.0. The Kier molecular flexibility index (Phi) is 6.86. The predicted octanol–water partition coefficient (Wildman–Crippen LogP) is 4.11. The van der Waals surface area contributed by atoms with Crippen molar-refractivity contribution < 1.29 is 17.9 Å². The molecule has 218 valence electrons. The first-order valence-corrected chi connectivity index (χ1v) is 14.2. The highest BCUT2D eigenvalue weighted by atomic mass is 32.1. The number of rotatable bonds is 5. The second-order valence-corrected chi connectivity index (χ2v) is 12.3. The second-order valence-electron chi connectivity index (χ2n) is 11.2. The number of ether oxygens (including phenoxy) is 1. The molecule has 0 saturated carbocycles. The zero-order chi connectivity index (χ0) is 29.8. The Labute approximate surface area is 242 Å². The Hall–Kier alpha value is -4.15. The van der Waals surface area contributed by atoms with Crippen molar-refractivity contribution in [3.05, 3.63) is 74.0 Å². The highest BCUT2D eigenvalue weighted by Crippen LogP contribution is 2.46. The summed E-state index contributed by atoms with van der Waals surface area (Å²) < 4.78 is 47.0. The number of nitrogens with zero attached hydrogens (tertiary/aromatic N) is 5. The Morgan fingerprint density at radius 1 is 1.21 bits per heavy atom. The molecule has 0 bridgehead atoms. The molecule has 0 unspecified atom stereocenters. The molecule has 0 aliphatic carbocycles.